The van der Waals surface area contributed by atoms with Gasteiger partial charge in [0.05, 0.1) is 17.1 Å². The zero-order chi connectivity index (χ0) is 21.7. The van der Waals surface area contributed by atoms with Crippen molar-refractivity contribution < 1.29 is 41.0 Å². The number of amides is 2. The van der Waals surface area contributed by atoms with Crippen molar-refractivity contribution in [1.82, 2.24) is 15.0 Å². The first-order valence-corrected chi connectivity index (χ1v) is 9.28. The molecule has 13 heteroatoms. The van der Waals surface area contributed by atoms with Crippen LogP contribution in [0, 0.1) is 0 Å². The maximum atomic E-state index is 12.2. The summed E-state index contributed by atoms with van der Waals surface area (Å²) in [4.78, 5) is 27.0. The van der Waals surface area contributed by atoms with E-state index in [4.69, 9.17) is 5.11 Å². The van der Waals surface area contributed by atoms with Crippen molar-refractivity contribution in [3.8, 4) is 5.75 Å². The van der Waals surface area contributed by atoms with Gasteiger partial charge in [-0.1, -0.05) is 0 Å². The Hall–Kier alpha value is -3.19. The summed E-state index contributed by atoms with van der Waals surface area (Å²) in [5.74, 6) is -2.28. The number of aliphatic hydroxyl groups excluding tert-OH is 1. The lowest BCUT2D eigenvalue weighted by Crippen LogP contribution is -2.31. The predicted octanol–water partition coefficient (Wildman–Crippen LogP) is 0.821. The Bertz CT molecular complexity index is 976. The van der Waals surface area contributed by atoms with Crippen LogP contribution in [-0.2, 0) is 10.0 Å². The van der Waals surface area contributed by atoms with Gasteiger partial charge in [0.1, 0.15) is 11.4 Å². The highest BCUT2D eigenvalue weighted by atomic mass is 32.2. The molecule has 156 valence electrons. The average molecular weight is 433 g/mol. The fraction of sp³-hybridized carbons (Fsp3) is 0.188. The highest BCUT2D eigenvalue weighted by Crippen LogP contribution is 2.23. The molecule has 0 aliphatic heterocycles. The fourth-order valence-corrected chi connectivity index (χ4v) is 2.96. The highest BCUT2D eigenvalue weighted by Gasteiger charge is 2.31. The van der Waals surface area contributed by atoms with E-state index >= 15 is 0 Å². The molecular weight excluding hydrogens is 419 g/mol. The predicted molar refractivity (Wildman–Crippen MR) is 91.4 cm³/mol. The third kappa shape index (κ3) is 6.43. The van der Waals surface area contributed by atoms with Crippen LogP contribution in [0.2, 0.25) is 0 Å². The molecule has 29 heavy (non-hydrogen) atoms. The zero-order valence-electron chi connectivity index (χ0n) is 14.4. The molecule has 9 nitrogen and oxygen atoms in total. The number of benzene rings is 1. The average Bonchev–Trinajstić information content (AvgIpc) is 2.65. The van der Waals surface area contributed by atoms with Crippen LogP contribution in [-0.4, -0.2) is 49.8 Å². The lowest BCUT2D eigenvalue weighted by Gasteiger charge is -2.10. The number of halogens is 3. The van der Waals surface area contributed by atoms with Gasteiger partial charge in [-0.25, -0.2) is 13.1 Å². The van der Waals surface area contributed by atoms with Crippen molar-refractivity contribution in [2.24, 2.45) is 0 Å². The molecule has 0 radical (unpaired) electrons. The summed E-state index contributed by atoms with van der Waals surface area (Å²) in [6, 6.07) is 5.58. The van der Waals surface area contributed by atoms with E-state index in [0.717, 1.165) is 36.5 Å². The summed E-state index contributed by atoms with van der Waals surface area (Å²) in [6.45, 7) is -0.263. The summed E-state index contributed by atoms with van der Waals surface area (Å²) in [5, 5.41) is 11.0. The third-order valence-corrected chi connectivity index (χ3v) is 4.60. The number of hydrogen-bond acceptors (Lipinski definition) is 7. The number of nitrogens with zero attached hydrogens (tertiary/aromatic N) is 1. The number of rotatable bonds is 7. The second-order valence-corrected chi connectivity index (χ2v) is 7.05. The van der Waals surface area contributed by atoms with Crippen molar-refractivity contribution in [3.05, 3.63) is 53.9 Å². The zero-order valence-corrected chi connectivity index (χ0v) is 15.2. The molecule has 0 saturated carbocycles. The molecule has 1 aromatic heterocycles. The first-order chi connectivity index (χ1) is 13.5. The normalized spacial score (nSPS) is 11.6. The number of aromatic nitrogens is 1. The van der Waals surface area contributed by atoms with E-state index in [-0.39, 0.29) is 24.4 Å². The molecule has 1 aromatic carbocycles. The Kier molecular flexibility index (Phi) is 6.76. The van der Waals surface area contributed by atoms with Gasteiger partial charge in [0.15, 0.2) is 0 Å². The third-order valence-electron chi connectivity index (χ3n) is 3.25. The smallest absolute Gasteiger partial charge is 0.406 e. The van der Waals surface area contributed by atoms with E-state index in [9.17, 15) is 31.2 Å². The summed E-state index contributed by atoms with van der Waals surface area (Å²) >= 11 is 0. The summed E-state index contributed by atoms with van der Waals surface area (Å²) in [7, 11) is -4.38. The van der Waals surface area contributed by atoms with Crippen LogP contribution in [0.5, 0.6) is 5.75 Å². The van der Waals surface area contributed by atoms with Gasteiger partial charge in [0.2, 0.25) is 0 Å². The lowest BCUT2D eigenvalue weighted by atomic mass is 10.2. The van der Waals surface area contributed by atoms with Crippen molar-refractivity contribution in [3.63, 3.8) is 0 Å². The Morgan fingerprint density at radius 3 is 2.24 bits per heavy atom. The highest BCUT2D eigenvalue weighted by molar-refractivity contribution is 7.90. The number of carbonyl (C=O) groups is 2. The standard InChI is InChI=1S/C16H14F3N3O6S/c17-16(18,19)28-11-2-4-12(5-3-11)29(26,27)22-14(24)10-1-6-13(21-9-10)15(25)20-7-8-23/h1-6,9,23H,7-8H2,(H,20,25)(H,22,24). The van der Waals surface area contributed by atoms with Gasteiger partial charge in [0, 0.05) is 12.7 Å². The number of pyridine rings is 1. The number of alkyl halides is 3. The fourth-order valence-electron chi connectivity index (χ4n) is 1.98. The summed E-state index contributed by atoms with van der Waals surface area (Å²) < 4.78 is 66.2. The molecule has 0 fully saturated rings. The van der Waals surface area contributed by atoms with E-state index in [1.807, 2.05) is 0 Å². The van der Waals surface area contributed by atoms with Crippen LogP contribution >= 0.6 is 0 Å². The number of carbonyl (C=O) groups excluding carboxylic acids is 2. The molecule has 2 aromatic rings. The van der Waals surface area contributed by atoms with Crippen LogP contribution in [0.4, 0.5) is 13.2 Å². The van der Waals surface area contributed by atoms with Crippen molar-refractivity contribution in [2.75, 3.05) is 13.2 Å². The van der Waals surface area contributed by atoms with E-state index in [0.29, 0.717) is 0 Å². The van der Waals surface area contributed by atoms with Crippen LogP contribution < -0.4 is 14.8 Å². The molecule has 3 N–H and O–H groups in total. The Balaban J connectivity index is 2.08. The molecule has 0 saturated heterocycles. The molecule has 0 aliphatic rings. The topological polar surface area (TPSA) is 135 Å². The van der Waals surface area contributed by atoms with Crippen LogP contribution in [0.1, 0.15) is 20.8 Å². The Morgan fingerprint density at radius 2 is 1.72 bits per heavy atom. The molecule has 2 rings (SSSR count). The molecule has 0 spiro atoms. The number of aliphatic hydroxyl groups is 1. The SMILES string of the molecule is O=C(NS(=O)(=O)c1ccc(OC(F)(F)F)cc1)c1ccc(C(=O)NCCO)nc1. The van der Waals surface area contributed by atoms with Crippen LogP contribution in [0.15, 0.2) is 47.5 Å². The van der Waals surface area contributed by atoms with Gasteiger partial charge in [-0.05, 0) is 36.4 Å². The van der Waals surface area contributed by atoms with E-state index in [1.165, 1.54) is 6.07 Å². The number of nitrogens with one attached hydrogen (secondary N) is 2. The van der Waals surface area contributed by atoms with Crippen LogP contribution in [0.3, 0.4) is 0 Å². The number of sulfonamides is 1. The van der Waals surface area contributed by atoms with E-state index in [1.54, 1.807) is 4.72 Å². The van der Waals surface area contributed by atoms with Crippen LogP contribution in [0.25, 0.3) is 0 Å². The molecule has 0 atom stereocenters. The minimum Gasteiger partial charge on any atom is -0.406 e. The summed E-state index contributed by atoms with van der Waals surface area (Å²) in [5.41, 5.74) is -0.234. The van der Waals surface area contributed by atoms with Gasteiger partial charge >= 0.3 is 6.36 Å². The van der Waals surface area contributed by atoms with Crippen molar-refractivity contribution in [2.45, 2.75) is 11.3 Å². The molecule has 0 aliphatic carbocycles. The minimum atomic E-state index is -4.93. The minimum absolute atomic E-state index is 0.00773. The second-order valence-electron chi connectivity index (χ2n) is 5.37. The van der Waals surface area contributed by atoms with Crippen molar-refractivity contribution in [1.29, 1.82) is 0 Å². The quantitative estimate of drug-likeness (QED) is 0.588. The summed E-state index contributed by atoms with van der Waals surface area (Å²) in [6.07, 6.45) is -3.96. The Morgan fingerprint density at radius 1 is 1.07 bits per heavy atom. The molecule has 0 unspecified atom stereocenters. The molecule has 2 amide bonds. The van der Waals surface area contributed by atoms with Gasteiger partial charge in [-0.3, -0.25) is 14.6 Å². The largest absolute Gasteiger partial charge is 0.573 e. The van der Waals surface area contributed by atoms with E-state index in [2.05, 4.69) is 15.0 Å². The maximum absolute atomic E-state index is 12.2. The van der Waals surface area contributed by atoms with Gasteiger partial charge in [-0.15, -0.1) is 13.2 Å². The Labute approximate surface area is 162 Å². The maximum Gasteiger partial charge on any atom is 0.573 e. The number of ether oxygens (including phenoxy) is 1. The monoisotopic (exact) mass is 433 g/mol. The number of hydrogen-bond donors (Lipinski definition) is 3. The van der Waals surface area contributed by atoms with E-state index < -0.39 is 38.8 Å². The molecular formula is C16H14F3N3O6S. The van der Waals surface area contributed by atoms with Gasteiger partial charge in [0.25, 0.3) is 21.8 Å². The molecule has 1 heterocycles. The van der Waals surface area contributed by atoms with Crippen molar-refractivity contribution >= 4 is 21.8 Å². The first kappa shape index (κ1) is 22.1. The van der Waals surface area contributed by atoms with Gasteiger partial charge < -0.3 is 15.2 Å². The second kappa shape index (κ2) is 8.87. The molecule has 0 bridgehead atoms. The first-order valence-electron chi connectivity index (χ1n) is 7.80. The lowest BCUT2D eigenvalue weighted by molar-refractivity contribution is -0.274. The van der Waals surface area contributed by atoms with Gasteiger partial charge in [-0.2, -0.15) is 0 Å².